The number of carbonyl (C=O) groups is 1. The Morgan fingerprint density at radius 3 is 2.71 bits per heavy atom. The molecule has 1 N–H and O–H groups in total. The van der Waals surface area contributed by atoms with E-state index in [-0.39, 0.29) is 11.3 Å². The molecule has 2 nitrogen and oxygen atoms in total. The molecule has 1 aromatic carbocycles. The van der Waals surface area contributed by atoms with Gasteiger partial charge in [-0.3, -0.25) is 4.79 Å². The van der Waals surface area contributed by atoms with E-state index in [1.807, 2.05) is 6.92 Å². The van der Waals surface area contributed by atoms with E-state index in [4.69, 9.17) is 34.8 Å². The van der Waals surface area contributed by atoms with Crippen molar-refractivity contribution in [2.75, 3.05) is 6.54 Å². The molecule has 0 fully saturated rings. The van der Waals surface area contributed by atoms with E-state index in [1.165, 1.54) is 0 Å². The van der Waals surface area contributed by atoms with Gasteiger partial charge in [0.2, 0.25) is 0 Å². The summed E-state index contributed by atoms with van der Waals surface area (Å²) in [5.41, 5.74) is 0.413. The highest BCUT2D eigenvalue weighted by Gasteiger charge is 2.12. The van der Waals surface area contributed by atoms with Crippen LogP contribution in [0.3, 0.4) is 0 Å². The number of hydrogen-bond donors (Lipinski definition) is 1. The molecule has 94 valence electrons. The fourth-order valence-electron chi connectivity index (χ4n) is 1.39. The minimum absolute atomic E-state index is 0.0463. The van der Waals surface area contributed by atoms with Gasteiger partial charge in [-0.25, -0.2) is 0 Å². The van der Waals surface area contributed by atoms with Crippen LogP contribution in [0.15, 0.2) is 18.2 Å². The van der Waals surface area contributed by atoms with Crippen LogP contribution in [0.1, 0.15) is 30.1 Å². The maximum Gasteiger partial charge on any atom is 0.252 e. The Bertz CT molecular complexity index is 395. The standard InChI is InChI=1S/C12H14Cl3NO/c1-2-3-9(14)7-16-12(17)10-5-4-8(13)6-11(10)15/h4-6,9H,2-3,7H2,1H3,(H,16,17). The molecule has 0 saturated carbocycles. The molecule has 0 radical (unpaired) electrons. The van der Waals surface area contributed by atoms with Crippen molar-refractivity contribution < 1.29 is 4.79 Å². The van der Waals surface area contributed by atoms with Gasteiger partial charge in [0.05, 0.1) is 16.0 Å². The molecule has 0 aromatic heterocycles. The van der Waals surface area contributed by atoms with E-state index in [9.17, 15) is 4.79 Å². The van der Waals surface area contributed by atoms with E-state index in [1.54, 1.807) is 18.2 Å². The highest BCUT2D eigenvalue weighted by atomic mass is 35.5. The number of nitrogens with one attached hydrogen (secondary N) is 1. The average molecular weight is 295 g/mol. The van der Waals surface area contributed by atoms with E-state index in [2.05, 4.69) is 5.32 Å². The van der Waals surface area contributed by atoms with Gasteiger partial charge in [-0.05, 0) is 24.6 Å². The van der Waals surface area contributed by atoms with Crippen LogP contribution in [0, 0.1) is 0 Å². The summed E-state index contributed by atoms with van der Waals surface area (Å²) in [7, 11) is 0. The predicted molar refractivity (Wildman–Crippen MR) is 73.3 cm³/mol. The molecule has 5 heteroatoms. The monoisotopic (exact) mass is 293 g/mol. The Morgan fingerprint density at radius 2 is 2.12 bits per heavy atom. The largest absolute Gasteiger partial charge is 0.351 e. The second-order valence-electron chi connectivity index (χ2n) is 3.72. The lowest BCUT2D eigenvalue weighted by atomic mass is 10.2. The summed E-state index contributed by atoms with van der Waals surface area (Å²) < 4.78 is 0. The molecule has 0 saturated heterocycles. The SMILES string of the molecule is CCCC(Cl)CNC(=O)c1ccc(Cl)cc1Cl. The molecule has 0 heterocycles. The first-order chi connectivity index (χ1) is 8.04. The Balaban J connectivity index is 2.58. The zero-order chi connectivity index (χ0) is 12.8. The molecule has 1 rings (SSSR count). The fourth-order valence-corrected chi connectivity index (χ4v) is 2.18. The zero-order valence-electron chi connectivity index (χ0n) is 9.47. The van der Waals surface area contributed by atoms with Gasteiger partial charge in [0.15, 0.2) is 0 Å². The average Bonchev–Trinajstić information content (AvgIpc) is 2.26. The number of halogens is 3. The van der Waals surface area contributed by atoms with Crippen molar-refractivity contribution in [3.63, 3.8) is 0 Å². The summed E-state index contributed by atoms with van der Waals surface area (Å²) >= 11 is 17.7. The van der Waals surface area contributed by atoms with Crippen molar-refractivity contribution in [3.8, 4) is 0 Å². The molecule has 0 spiro atoms. The van der Waals surface area contributed by atoms with Crippen LogP contribution in [-0.4, -0.2) is 17.8 Å². The highest BCUT2D eigenvalue weighted by molar-refractivity contribution is 6.36. The first kappa shape index (κ1) is 14.6. The number of rotatable bonds is 5. The Morgan fingerprint density at radius 1 is 1.41 bits per heavy atom. The van der Waals surface area contributed by atoms with Gasteiger partial charge in [0.1, 0.15) is 0 Å². The van der Waals surface area contributed by atoms with Gasteiger partial charge in [-0.1, -0.05) is 36.5 Å². The zero-order valence-corrected chi connectivity index (χ0v) is 11.7. The van der Waals surface area contributed by atoms with Crippen LogP contribution in [-0.2, 0) is 0 Å². The molecule has 17 heavy (non-hydrogen) atoms. The topological polar surface area (TPSA) is 29.1 Å². The van der Waals surface area contributed by atoms with Crippen molar-refractivity contribution in [1.29, 1.82) is 0 Å². The minimum atomic E-state index is -0.228. The first-order valence-electron chi connectivity index (χ1n) is 5.42. The van der Waals surface area contributed by atoms with Crippen LogP contribution < -0.4 is 5.32 Å². The molecular weight excluding hydrogens is 280 g/mol. The summed E-state index contributed by atoms with van der Waals surface area (Å²) in [5.74, 6) is -0.228. The molecule has 1 aromatic rings. The quantitative estimate of drug-likeness (QED) is 0.813. The number of alkyl halides is 1. The van der Waals surface area contributed by atoms with E-state index < -0.39 is 0 Å². The lowest BCUT2D eigenvalue weighted by molar-refractivity contribution is 0.0953. The van der Waals surface area contributed by atoms with Crippen LogP contribution in [0.2, 0.25) is 10.0 Å². The summed E-state index contributed by atoms with van der Waals surface area (Å²) in [6.45, 7) is 2.49. The first-order valence-corrected chi connectivity index (χ1v) is 6.61. The third-order valence-corrected chi connectivity index (χ3v) is 3.18. The van der Waals surface area contributed by atoms with Gasteiger partial charge >= 0.3 is 0 Å². The molecular formula is C12H14Cl3NO. The maximum atomic E-state index is 11.8. The maximum absolute atomic E-state index is 11.8. The van der Waals surface area contributed by atoms with Crippen LogP contribution >= 0.6 is 34.8 Å². The Hall–Kier alpha value is -0.440. The summed E-state index contributed by atoms with van der Waals surface area (Å²) in [6.07, 6.45) is 1.86. The molecule has 0 aliphatic heterocycles. The minimum Gasteiger partial charge on any atom is -0.351 e. The lowest BCUT2D eigenvalue weighted by Gasteiger charge is -2.10. The smallest absolute Gasteiger partial charge is 0.252 e. The summed E-state index contributed by atoms with van der Waals surface area (Å²) in [6, 6.07) is 4.78. The Labute approximate surface area is 116 Å². The van der Waals surface area contributed by atoms with Gasteiger partial charge in [0.25, 0.3) is 5.91 Å². The van der Waals surface area contributed by atoms with Crippen LogP contribution in [0.25, 0.3) is 0 Å². The molecule has 0 bridgehead atoms. The van der Waals surface area contributed by atoms with Crippen molar-refractivity contribution in [2.45, 2.75) is 25.1 Å². The normalized spacial score (nSPS) is 12.2. The molecule has 1 atom stereocenters. The van der Waals surface area contributed by atoms with E-state index in [0.29, 0.717) is 22.2 Å². The molecule has 0 aliphatic rings. The highest BCUT2D eigenvalue weighted by Crippen LogP contribution is 2.20. The van der Waals surface area contributed by atoms with Gasteiger partial charge in [-0.15, -0.1) is 11.6 Å². The van der Waals surface area contributed by atoms with E-state index >= 15 is 0 Å². The number of hydrogen-bond acceptors (Lipinski definition) is 1. The van der Waals surface area contributed by atoms with Crippen molar-refractivity contribution in [1.82, 2.24) is 5.32 Å². The van der Waals surface area contributed by atoms with Crippen LogP contribution in [0.5, 0.6) is 0 Å². The fraction of sp³-hybridized carbons (Fsp3) is 0.417. The lowest BCUT2D eigenvalue weighted by Crippen LogP contribution is -2.29. The number of benzene rings is 1. The van der Waals surface area contributed by atoms with Crippen molar-refractivity contribution in [3.05, 3.63) is 33.8 Å². The molecule has 1 amide bonds. The third kappa shape index (κ3) is 4.74. The summed E-state index contributed by atoms with van der Waals surface area (Å²) in [4.78, 5) is 11.8. The summed E-state index contributed by atoms with van der Waals surface area (Å²) in [5, 5.41) is 3.55. The van der Waals surface area contributed by atoms with Gasteiger partial charge in [0, 0.05) is 11.6 Å². The van der Waals surface area contributed by atoms with Gasteiger partial charge < -0.3 is 5.32 Å². The Kier molecular flexibility index (Phi) is 6.10. The second-order valence-corrected chi connectivity index (χ2v) is 5.18. The molecule has 1 unspecified atom stereocenters. The van der Waals surface area contributed by atoms with Crippen molar-refractivity contribution >= 4 is 40.7 Å². The van der Waals surface area contributed by atoms with Crippen molar-refractivity contribution in [2.24, 2.45) is 0 Å². The predicted octanol–water partition coefficient (Wildman–Crippen LogP) is 4.13. The van der Waals surface area contributed by atoms with Crippen LogP contribution in [0.4, 0.5) is 0 Å². The third-order valence-electron chi connectivity index (χ3n) is 2.26. The molecule has 0 aliphatic carbocycles. The number of amides is 1. The second kappa shape index (κ2) is 7.10. The number of carbonyl (C=O) groups excluding carboxylic acids is 1. The van der Waals surface area contributed by atoms with E-state index in [0.717, 1.165) is 12.8 Å². The van der Waals surface area contributed by atoms with Gasteiger partial charge in [-0.2, -0.15) is 0 Å².